The Hall–Kier alpha value is -5.02. The summed E-state index contributed by atoms with van der Waals surface area (Å²) in [6.07, 6.45) is 7.64. The van der Waals surface area contributed by atoms with E-state index in [4.69, 9.17) is 0 Å². The molecule has 1 aromatic heterocycles. The van der Waals surface area contributed by atoms with Crippen molar-refractivity contribution in [1.82, 2.24) is 10.3 Å². The lowest BCUT2D eigenvalue weighted by Gasteiger charge is -2.33. The maximum Gasteiger partial charge on any atom is 0.269 e. The number of carbonyl (C=O) groups is 2. The molecule has 1 aliphatic rings. The van der Waals surface area contributed by atoms with Crippen LogP contribution in [0.4, 0.5) is 5.69 Å². The third-order valence-corrected chi connectivity index (χ3v) is 7.77. The second kappa shape index (κ2) is 13.6. The lowest BCUT2D eigenvalue weighted by atomic mass is 9.90. The third-order valence-electron chi connectivity index (χ3n) is 7.77. The van der Waals surface area contributed by atoms with Gasteiger partial charge in [-0.25, -0.2) is 0 Å². The average molecular weight is 555 g/mol. The average Bonchev–Trinajstić information content (AvgIpc) is 3.05. The molecule has 42 heavy (non-hydrogen) atoms. The quantitative estimate of drug-likeness (QED) is 0.181. The van der Waals surface area contributed by atoms with Gasteiger partial charge in [-0.1, -0.05) is 85.3 Å². The van der Waals surface area contributed by atoms with Crippen LogP contribution >= 0.6 is 0 Å². The molecule has 6 heteroatoms. The zero-order chi connectivity index (χ0) is 29.3. The van der Waals surface area contributed by atoms with E-state index in [9.17, 15) is 14.9 Å². The molecule has 5 rings (SSSR count). The van der Waals surface area contributed by atoms with Gasteiger partial charge in [-0.05, 0) is 73.1 Å². The minimum Gasteiger partial charge on any atom is -0.347 e. The molecule has 0 bridgehead atoms. The van der Waals surface area contributed by atoms with Gasteiger partial charge in [0.2, 0.25) is 5.91 Å². The van der Waals surface area contributed by atoms with E-state index >= 15 is 0 Å². The maximum absolute atomic E-state index is 14.4. The molecule has 2 atom stereocenters. The molecule has 1 fully saturated rings. The van der Waals surface area contributed by atoms with Crippen LogP contribution in [-0.2, 0) is 9.59 Å². The van der Waals surface area contributed by atoms with Gasteiger partial charge in [-0.15, -0.1) is 0 Å². The number of pyridine rings is 1. The van der Waals surface area contributed by atoms with Crippen LogP contribution in [0.2, 0.25) is 0 Å². The van der Waals surface area contributed by atoms with E-state index < -0.39 is 11.9 Å². The lowest BCUT2D eigenvalue weighted by Crippen LogP contribution is -2.45. The number of anilines is 1. The topological polar surface area (TPSA) is 86.1 Å². The summed E-state index contributed by atoms with van der Waals surface area (Å²) in [6.45, 7) is 1.92. The molecule has 6 nitrogen and oxygen atoms in total. The summed E-state index contributed by atoms with van der Waals surface area (Å²) in [5, 5.41) is 13.4. The number of carbonyl (C=O) groups excluding carboxylic acids is 2. The summed E-state index contributed by atoms with van der Waals surface area (Å²) >= 11 is 0. The zero-order valence-corrected chi connectivity index (χ0v) is 23.7. The van der Waals surface area contributed by atoms with Gasteiger partial charge in [0.15, 0.2) is 0 Å². The number of aromatic nitrogens is 1. The Balaban J connectivity index is 1.61. The second-order valence-corrected chi connectivity index (χ2v) is 10.6. The highest BCUT2D eigenvalue weighted by atomic mass is 16.2. The molecule has 1 saturated carbocycles. The Morgan fingerprint density at radius 2 is 1.43 bits per heavy atom. The van der Waals surface area contributed by atoms with Crippen LogP contribution < -0.4 is 10.2 Å². The number of rotatable bonds is 8. The highest BCUT2D eigenvalue weighted by Crippen LogP contribution is 2.34. The van der Waals surface area contributed by atoms with E-state index in [1.54, 1.807) is 24.5 Å². The smallest absolute Gasteiger partial charge is 0.269 e. The van der Waals surface area contributed by atoms with Crippen LogP contribution in [0.3, 0.4) is 0 Å². The van der Waals surface area contributed by atoms with Crippen molar-refractivity contribution in [3.63, 3.8) is 0 Å². The SMILES string of the molecule is C[C@H](NC(=O)C(c1cccnc1)N(C(=O)C(C#N)=C1CCCCC1)c1ccc(-c2ccccc2)cc1)c1ccccc1. The van der Waals surface area contributed by atoms with Crippen LogP contribution in [0.1, 0.15) is 62.2 Å². The molecule has 3 aromatic carbocycles. The van der Waals surface area contributed by atoms with Gasteiger partial charge >= 0.3 is 0 Å². The third kappa shape index (κ3) is 6.47. The Bertz CT molecular complexity index is 1570. The number of allylic oxidation sites excluding steroid dienone is 1. The predicted molar refractivity (Wildman–Crippen MR) is 165 cm³/mol. The summed E-state index contributed by atoms with van der Waals surface area (Å²) in [4.78, 5) is 34.4. The molecule has 1 heterocycles. The Morgan fingerprint density at radius 3 is 2.05 bits per heavy atom. The standard InChI is InChI=1S/C36H34N4O2/c1-26(27-12-5-2-6-13-27)39-35(41)34(31-18-11-23-38-25-31)40(36(42)33(24-37)30-16-9-4-10-17-30)32-21-19-29(20-22-32)28-14-7-3-8-15-28/h2-3,5-8,11-15,18-23,25-26,34H,4,9-10,16-17H2,1H3,(H,39,41)/t26-,34?/m0/s1. The molecule has 1 N–H and O–H groups in total. The van der Waals surface area contributed by atoms with Crippen LogP contribution in [0.15, 0.2) is 121 Å². The van der Waals surface area contributed by atoms with Crippen molar-refractivity contribution in [1.29, 1.82) is 5.26 Å². The molecule has 2 amide bonds. The van der Waals surface area contributed by atoms with E-state index in [0.29, 0.717) is 24.1 Å². The van der Waals surface area contributed by atoms with Crippen LogP contribution in [-0.4, -0.2) is 16.8 Å². The van der Waals surface area contributed by atoms with E-state index in [1.165, 1.54) is 4.90 Å². The molecule has 1 unspecified atom stereocenters. The van der Waals surface area contributed by atoms with Crippen molar-refractivity contribution in [2.45, 2.75) is 51.1 Å². The van der Waals surface area contributed by atoms with Gasteiger partial charge in [0.25, 0.3) is 5.91 Å². The number of hydrogen-bond donors (Lipinski definition) is 1. The molecule has 0 aliphatic heterocycles. The summed E-state index contributed by atoms with van der Waals surface area (Å²) in [5.74, 6) is -0.830. The normalized spacial score (nSPS) is 14.2. The van der Waals surface area contributed by atoms with Gasteiger partial charge in [0, 0.05) is 23.6 Å². The van der Waals surface area contributed by atoms with Gasteiger partial charge in [0.1, 0.15) is 17.7 Å². The Labute approximate surface area is 247 Å². The van der Waals surface area contributed by atoms with Crippen LogP contribution in [0.5, 0.6) is 0 Å². The van der Waals surface area contributed by atoms with Gasteiger partial charge in [-0.3, -0.25) is 19.5 Å². The molecule has 4 aromatic rings. The number of hydrogen-bond acceptors (Lipinski definition) is 4. The highest BCUT2D eigenvalue weighted by Gasteiger charge is 2.36. The minimum absolute atomic E-state index is 0.125. The molecular weight excluding hydrogens is 520 g/mol. The molecule has 0 spiro atoms. The Morgan fingerprint density at radius 1 is 0.810 bits per heavy atom. The number of amides is 2. The van der Waals surface area contributed by atoms with Crippen molar-refractivity contribution in [2.24, 2.45) is 0 Å². The van der Waals surface area contributed by atoms with Crippen molar-refractivity contribution in [3.8, 4) is 17.2 Å². The second-order valence-electron chi connectivity index (χ2n) is 10.6. The molecule has 210 valence electrons. The minimum atomic E-state index is -1.05. The van der Waals surface area contributed by atoms with E-state index in [0.717, 1.165) is 41.5 Å². The van der Waals surface area contributed by atoms with Gasteiger partial charge < -0.3 is 5.32 Å². The van der Waals surface area contributed by atoms with Crippen LogP contribution in [0, 0.1) is 11.3 Å². The molecule has 0 saturated heterocycles. The maximum atomic E-state index is 14.4. The van der Waals surface area contributed by atoms with Crippen molar-refractivity contribution in [2.75, 3.05) is 4.90 Å². The van der Waals surface area contributed by atoms with E-state index in [-0.39, 0.29) is 17.5 Å². The van der Waals surface area contributed by atoms with E-state index in [1.807, 2.05) is 91.9 Å². The highest BCUT2D eigenvalue weighted by molar-refractivity contribution is 6.12. The first-order valence-corrected chi connectivity index (χ1v) is 14.4. The molecule has 0 radical (unpaired) electrons. The van der Waals surface area contributed by atoms with Crippen molar-refractivity contribution in [3.05, 3.63) is 132 Å². The van der Waals surface area contributed by atoms with Gasteiger partial charge in [0.05, 0.1) is 6.04 Å². The first-order chi connectivity index (χ1) is 20.6. The fourth-order valence-electron chi connectivity index (χ4n) is 5.53. The van der Waals surface area contributed by atoms with Crippen molar-refractivity contribution >= 4 is 17.5 Å². The zero-order valence-electron chi connectivity index (χ0n) is 23.7. The summed E-state index contributed by atoms with van der Waals surface area (Å²) in [5.41, 5.74) is 5.05. The fourth-order valence-corrected chi connectivity index (χ4v) is 5.53. The summed E-state index contributed by atoms with van der Waals surface area (Å²) in [6, 6.07) is 31.6. The van der Waals surface area contributed by atoms with Crippen LogP contribution in [0.25, 0.3) is 11.1 Å². The number of nitriles is 1. The number of nitrogens with zero attached hydrogens (tertiary/aromatic N) is 3. The Kier molecular flexibility index (Phi) is 9.20. The number of benzene rings is 3. The first-order valence-electron chi connectivity index (χ1n) is 14.4. The monoisotopic (exact) mass is 554 g/mol. The number of nitrogens with one attached hydrogen (secondary N) is 1. The first kappa shape index (κ1) is 28.5. The van der Waals surface area contributed by atoms with Crippen molar-refractivity contribution < 1.29 is 9.59 Å². The van der Waals surface area contributed by atoms with Gasteiger partial charge in [-0.2, -0.15) is 5.26 Å². The fraction of sp³-hybridized carbons (Fsp3) is 0.222. The molecular formula is C36H34N4O2. The van der Waals surface area contributed by atoms with E-state index in [2.05, 4.69) is 16.4 Å². The summed E-state index contributed by atoms with van der Waals surface area (Å²) < 4.78 is 0. The predicted octanol–water partition coefficient (Wildman–Crippen LogP) is 7.48. The molecule has 1 aliphatic carbocycles. The lowest BCUT2D eigenvalue weighted by molar-refractivity contribution is -0.126. The largest absolute Gasteiger partial charge is 0.347 e. The summed E-state index contributed by atoms with van der Waals surface area (Å²) in [7, 11) is 0.